The summed E-state index contributed by atoms with van der Waals surface area (Å²) in [4.78, 5) is 8.00. The van der Waals surface area contributed by atoms with Crippen LogP contribution >= 0.6 is 11.3 Å². The molecule has 2 rings (SSSR count). The fraction of sp³-hybridized carbons (Fsp3) is 0.700. The van der Waals surface area contributed by atoms with Crippen LogP contribution in [0.15, 0.2) is 6.20 Å². The van der Waals surface area contributed by atoms with Crippen molar-refractivity contribution < 1.29 is 0 Å². The summed E-state index contributed by atoms with van der Waals surface area (Å²) in [7, 11) is 0. The molecule has 1 fully saturated rings. The van der Waals surface area contributed by atoms with E-state index in [1.165, 1.54) is 17.7 Å². The quantitative estimate of drug-likeness (QED) is 0.829. The molecule has 0 radical (unpaired) electrons. The van der Waals surface area contributed by atoms with Crippen molar-refractivity contribution in [3.8, 4) is 0 Å². The summed E-state index contributed by atoms with van der Waals surface area (Å²) in [6, 6.07) is 0.853. The highest BCUT2D eigenvalue weighted by atomic mass is 32.1. The fourth-order valence-electron chi connectivity index (χ4n) is 1.56. The average Bonchev–Trinajstić information content (AvgIpc) is 2.84. The number of hydrogen-bond acceptors (Lipinski definition) is 4. The predicted octanol–water partition coefficient (Wildman–Crippen LogP) is 2.15. The van der Waals surface area contributed by atoms with Crippen LogP contribution in [0, 0.1) is 0 Å². The van der Waals surface area contributed by atoms with Crippen LogP contribution in [0.4, 0.5) is 5.13 Å². The van der Waals surface area contributed by atoms with E-state index in [2.05, 4.69) is 16.8 Å². The van der Waals surface area contributed by atoms with Gasteiger partial charge in [0.25, 0.3) is 0 Å². The second-order valence-corrected chi connectivity index (χ2v) is 4.89. The maximum atomic E-state index is 5.81. The first-order valence-corrected chi connectivity index (χ1v) is 6.02. The summed E-state index contributed by atoms with van der Waals surface area (Å²) in [6.45, 7) is 5.24. The molecule has 0 saturated heterocycles. The Bertz CT molecular complexity index is 304. The lowest BCUT2D eigenvalue weighted by Crippen LogP contribution is -2.24. The first-order chi connectivity index (χ1) is 6.72. The smallest absolute Gasteiger partial charge is 0.185 e. The minimum Gasteiger partial charge on any atom is -0.345 e. The van der Waals surface area contributed by atoms with Gasteiger partial charge in [-0.1, -0.05) is 0 Å². The van der Waals surface area contributed by atoms with Crippen molar-refractivity contribution in [1.29, 1.82) is 0 Å². The predicted molar refractivity (Wildman–Crippen MR) is 60.8 cm³/mol. The van der Waals surface area contributed by atoms with Gasteiger partial charge in [0.05, 0.1) is 0 Å². The van der Waals surface area contributed by atoms with Crippen LogP contribution in [0.25, 0.3) is 0 Å². The molecule has 1 atom stereocenters. The number of nitrogens with zero attached hydrogens (tertiary/aromatic N) is 2. The van der Waals surface area contributed by atoms with Gasteiger partial charge in [-0.2, -0.15) is 0 Å². The molecule has 0 spiro atoms. The monoisotopic (exact) mass is 211 g/mol. The zero-order chi connectivity index (χ0) is 10.1. The molecule has 2 N–H and O–H groups in total. The van der Waals surface area contributed by atoms with Crippen molar-refractivity contribution in [2.24, 2.45) is 5.73 Å². The van der Waals surface area contributed by atoms with Gasteiger partial charge in [0.1, 0.15) is 0 Å². The van der Waals surface area contributed by atoms with E-state index < -0.39 is 0 Å². The van der Waals surface area contributed by atoms with Crippen molar-refractivity contribution in [1.82, 2.24) is 4.98 Å². The Labute approximate surface area is 88.9 Å². The molecule has 1 aromatic rings. The van der Waals surface area contributed by atoms with Crippen molar-refractivity contribution in [2.45, 2.75) is 38.8 Å². The second kappa shape index (κ2) is 3.87. The Hall–Kier alpha value is -0.610. The van der Waals surface area contributed by atoms with Crippen molar-refractivity contribution in [2.75, 3.05) is 11.4 Å². The van der Waals surface area contributed by atoms with Gasteiger partial charge in [0.2, 0.25) is 0 Å². The maximum absolute atomic E-state index is 5.81. The van der Waals surface area contributed by atoms with Crippen molar-refractivity contribution in [3.63, 3.8) is 0 Å². The maximum Gasteiger partial charge on any atom is 0.185 e. The van der Waals surface area contributed by atoms with Crippen LogP contribution in [0.2, 0.25) is 0 Å². The molecule has 0 aromatic carbocycles. The molecule has 1 aromatic heterocycles. The minimum atomic E-state index is 0.110. The molecule has 1 heterocycles. The third-order valence-electron chi connectivity index (χ3n) is 2.53. The summed E-state index contributed by atoms with van der Waals surface area (Å²) >= 11 is 1.73. The molecule has 0 amide bonds. The number of anilines is 1. The number of thiazole rings is 1. The Morgan fingerprint density at radius 1 is 1.71 bits per heavy atom. The number of hydrogen-bond donors (Lipinski definition) is 1. The van der Waals surface area contributed by atoms with Crippen LogP contribution in [-0.4, -0.2) is 17.6 Å². The van der Waals surface area contributed by atoms with E-state index in [1.807, 2.05) is 13.1 Å². The van der Waals surface area contributed by atoms with Gasteiger partial charge >= 0.3 is 0 Å². The van der Waals surface area contributed by atoms with E-state index in [4.69, 9.17) is 5.73 Å². The minimum absolute atomic E-state index is 0.110. The highest BCUT2D eigenvalue weighted by Crippen LogP contribution is 2.34. The average molecular weight is 211 g/mol. The van der Waals surface area contributed by atoms with Crippen LogP contribution in [0.3, 0.4) is 0 Å². The highest BCUT2D eigenvalue weighted by molar-refractivity contribution is 7.15. The van der Waals surface area contributed by atoms with Crippen LogP contribution in [-0.2, 0) is 0 Å². The number of nitrogens with two attached hydrogens (primary N) is 1. The molecule has 78 valence electrons. The molecular weight excluding hydrogens is 194 g/mol. The molecule has 0 aliphatic heterocycles. The first-order valence-electron chi connectivity index (χ1n) is 5.20. The zero-order valence-corrected chi connectivity index (χ0v) is 9.55. The SMILES string of the molecule is CCN(c1ncc(C(C)N)s1)C1CC1. The summed E-state index contributed by atoms with van der Waals surface area (Å²) in [6.07, 6.45) is 4.55. The lowest BCUT2D eigenvalue weighted by Gasteiger charge is -2.18. The highest BCUT2D eigenvalue weighted by Gasteiger charge is 2.29. The topological polar surface area (TPSA) is 42.2 Å². The first kappa shape index (κ1) is 9.93. The van der Waals surface area contributed by atoms with Crippen LogP contribution in [0.1, 0.15) is 37.6 Å². The van der Waals surface area contributed by atoms with Gasteiger partial charge in [-0.25, -0.2) is 4.98 Å². The Morgan fingerprint density at radius 2 is 2.43 bits per heavy atom. The van der Waals surface area contributed by atoms with E-state index >= 15 is 0 Å². The Balaban J connectivity index is 2.13. The Kier molecular flexibility index (Phi) is 2.74. The zero-order valence-electron chi connectivity index (χ0n) is 8.73. The normalized spacial score (nSPS) is 18.2. The van der Waals surface area contributed by atoms with Crippen molar-refractivity contribution in [3.05, 3.63) is 11.1 Å². The summed E-state index contributed by atoms with van der Waals surface area (Å²) in [5.41, 5.74) is 5.81. The number of rotatable bonds is 4. The number of aromatic nitrogens is 1. The summed E-state index contributed by atoms with van der Waals surface area (Å²) in [5.74, 6) is 0. The van der Waals surface area contributed by atoms with Crippen LogP contribution < -0.4 is 10.6 Å². The van der Waals surface area contributed by atoms with E-state index in [9.17, 15) is 0 Å². The van der Waals surface area contributed by atoms with Gasteiger partial charge in [-0.15, -0.1) is 11.3 Å². The molecule has 1 unspecified atom stereocenters. The molecule has 4 heteroatoms. The summed E-state index contributed by atoms with van der Waals surface area (Å²) < 4.78 is 0. The van der Waals surface area contributed by atoms with Gasteiger partial charge in [0, 0.05) is 29.7 Å². The van der Waals surface area contributed by atoms with Crippen molar-refractivity contribution >= 4 is 16.5 Å². The van der Waals surface area contributed by atoms with E-state index in [0.717, 1.165) is 17.7 Å². The molecule has 3 nitrogen and oxygen atoms in total. The lowest BCUT2D eigenvalue weighted by molar-refractivity contribution is 0.819. The molecule has 1 saturated carbocycles. The molecule has 1 aliphatic rings. The van der Waals surface area contributed by atoms with E-state index in [-0.39, 0.29) is 6.04 Å². The van der Waals surface area contributed by atoms with Gasteiger partial charge < -0.3 is 10.6 Å². The largest absolute Gasteiger partial charge is 0.345 e. The third-order valence-corrected chi connectivity index (χ3v) is 3.77. The van der Waals surface area contributed by atoms with Gasteiger partial charge in [-0.05, 0) is 26.7 Å². The van der Waals surface area contributed by atoms with Gasteiger partial charge in [-0.3, -0.25) is 0 Å². The van der Waals surface area contributed by atoms with Crippen LogP contribution in [0.5, 0.6) is 0 Å². The Morgan fingerprint density at radius 3 is 2.86 bits per heavy atom. The molecule has 1 aliphatic carbocycles. The molecular formula is C10H17N3S. The van der Waals surface area contributed by atoms with E-state index in [0.29, 0.717) is 0 Å². The fourth-order valence-corrected chi connectivity index (χ4v) is 2.56. The second-order valence-electron chi connectivity index (χ2n) is 3.85. The summed E-state index contributed by atoms with van der Waals surface area (Å²) in [5, 5.41) is 1.14. The van der Waals surface area contributed by atoms with E-state index in [1.54, 1.807) is 11.3 Å². The third kappa shape index (κ3) is 1.91. The lowest BCUT2D eigenvalue weighted by atomic mass is 10.3. The van der Waals surface area contributed by atoms with Gasteiger partial charge in [0.15, 0.2) is 5.13 Å². The molecule has 14 heavy (non-hydrogen) atoms. The standard InChI is InChI=1S/C10H17N3S/c1-3-13(8-4-5-8)10-12-6-9(14-10)7(2)11/h6-8H,3-5,11H2,1-2H3. The molecule has 0 bridgehead atoms.